The van der Waals surface area contributed by atoms with E-state index in [1.54, 1.807) is 12.1 Å². The number of nitrogens with one attached hydrogen (secondary N) is 1. The van der Waals surface area contributed by atoms with E-state index in [4.69, 9.17) is 5.11 Å². The maximum absolute atomic E-state index is 12.3. The van der Waals surface area contributed by atoms with Crippen molar-refractivity contribution >= 4 is 21.9 Å². The van der Waals surface area contributed by atoms with E-state index in [0.29, 0.717) is 19.3 Å². The van der Waals surface area contributed by atoms with Gasteiger partial charge in [0.2, 0.25) is 15.9 Å². The monoisotopic (exact) mass is 368 g/mol. The van der Waals surface area contributed by atoms with Gasteiger partial charge in [0.1, 0.15) is 0 Å². The molecule has 1 aromatic rings. The van der Waals surface area contributed by atoms with Crippen LogP contribution in [0.15, 0.2) is 29.2 Å². The summed E-state index contributed by atoms with van der Waals surface area (Å²) in [5.41, 5.74) is 0.791. The predicted octanol–water partition coefficient (Wildman–Crippen LogP) is 1.61. The number of aliphatic carboxylic acids is 1. The zero-order valence-electron chi connectivity index (χ0n) is 14.6. The van der Waals surface area contributed by atoms with Gasteiger partial charge in [0, 0.05) is 20.0 Å². The van der Waals surface area contributed by atoms with E-state index in [2.05, 4.69) is 5.32 Å². The standard InChI is InChI=1S/C17H24N2O5S/c1-11(18-16(20)13-4-5-14(10-13)17(21)22)12-6-8-15(9-7-12)25(23,24)19(2)3/h6-9,11,13-14H,4-5,10H2,1-3H3,(H,18,20)(H,21,22)/t11?,13-,14+/m1/s1. The van der Waals surface area contributed by atoms with Crippen molar-refractivity contribution in [1.29, 1.82) is 0 Å². The minimum atomic E-state index is -3.48. The van der Waals surface area contributed by atoms with E-state index in [1.807, 2.05) is 6.92 Å². The van der Waals surface area contributed by atoms with Gasteiger partial charge in [0.25, 0.3) is 0 Å². The Labute approximate surface area is 148 Å². The van der Waals surface area contributed by atoms with E-state index in [9.17, 15) is 18.0 Å². The van der Waals surface area contributed by atoms with Gasteiger partial charge in [0.15, 0.2) is 0 Å². The highest BCUT2D eigenvalue weighted by Crippen LogP contribution is 2.31. The van der Waals surface area contributed by atoms with Gasteiger partial charge in [-0.1, -0.05) is 12.1 Å². The van der Waals surface area contributed by atoms with E-state index in [0.717, 1.165) is 9.87 Å². The van der Waals surface area contributed by atoms with Gasteiger partial charge in [-0.2, -0.15) is 0 Å². The lowest BCUT2D eigenvalue weighted by molar-refractivity contribution is -0.141. The molecule has 0 spiro atoms. The molecule has 7 nitrogen and oxygen atoms in total. The Morgan fingerprint density at radius 1 is 1.16 bits per heavy atom. The fourth-order valence-corrected chi connectivity index (χ4v) is 3.90. The van der Waals surface area contributed by atoms with Gasteiger partial charge in [-0.15, -0.1) is 0 Å². The lowest BCUT2D eigenvalue weighted by Gasteiger charge is -2.18. The Kier molecular flexibility index (Phi) is 5.84. The number of benzene rings is 1. The molecule has 0 heterocycles. The molecule has 25 heavy (non-hydrogen) atoms. The van der Waals surface area contributed by atoms with Crippen LogP contribution in [-0.2, 0) is 19.6 Å². The molecule has 1 fully saturated rings. The molecule has 1 unspecified atom stereocenters. The third kappa shape index (κ3) is 4.38. The number of carboxylic acid groups (broad SMARTS) is 1. The molecule has 138 valence electrons. The van der Waals surface area contributed by atoms with Crippen molar-refractivity contribution in [2.24, 2.45) is 11.8 Å². The van der Waals surface area contributed by atoms with Crippen molar-refractivity contribution in [3.63, 3.8) is 0 Å². The summed E-state index contributed by atoms with van der Waals surface area (Å²) >= 11 is 0. The molecule has 1 aromatic carbocycles. The van der Waals surface area contributed by atoms with Crippen molar-refractivity contribution in [3.05, 3.63) is 29.8 Å². The molecule has 1 aliphatic rings. The van der Waals surface area contributed by atoms with Gasteiger partial charge in [-0.25, -0.2) is 12.7 Å². The molecule has 1 saturated carbocycles. The van der Waals surface area contributed by atoms with Crippen LogP contribution in [0.1, 0.15) is 37.8 Å². The summed E-state index contributed by atoms with van der Waals surface area (Å²) in [4.78, 5) is 23.5. The van der Waals surface area contributed by atoms with Crippen LogP contribution in [0.2, 0.25) is 0 Å². The summed E-state index contributed by atoms with van der Waals surface area (Å²) < 4.78 is 25.3. The first-order valence-corrected chi connectivity index (χ1v) is 9.62. The molecule has 0 radical (unpaired) electrons. The highest BCUT2D eigenvalue weighted by molar-refractivity contribution is 7.89. The third-order valence-corrected chi connectivity index (χ3v) is 6.50. The molecule has 1 amide bonds. The van der Waals surface area contributed by atoms with E-state index in [-0.39, 0.29) is 22.8 Å². The number of carbonyl (C=O) groups excluding carboxylic acids is 1. The molecule has 3 atom stereocenters. The van der Waals surface area contributed by atoms with E-state index >= 15 is 0 Å². The predicted molar refractivity (Wildman–Crippen MR) is 92.3 cm³/mol. The maximum Gasteiger partial charge on any atom is 0.306 e. The molecular formula is C17H24N2O5S. The zero-order valence-corrected chi connectivity index (χ0v) is 15.4. The van der Waals surface area contributed by atoms with Crippen LogP contribution in [0.4, 0.5) is 0 Å². The molecule has 2 N–H and O–H groups in total. The second kappa shape index (κ2) is 7.53. The average Bonchev–Trinajstić information content (AvgIpc) is 3.05. The van der Waals surface area contributed by atoms with Crippen LogP contribution in [0.3, 0.4) is 0 Å². The number of hydrogen-bond acceptors (Lipinski definition) is 4. The summed E-state index contributed by atoms with van der Waals surface area (Å²) in [5, 5.41) is 11.9. The molecule has 0 aromatic heterocycles. The van der Waals surface area contributed by atoms with Crippen LogP contribution in [-0.4, -0.2) is 43.8 Å². The second-order valence-corrected chi connectivity index (χ2v) is 8.78. The minimum Gasteiger partial charge on any atom is -0.481 e. The Balaban J connectivity index is 2.00. The van der Waals surface area contributed by atoms with Gasteiger partial charge in [-0.3, -0.25) is 9.59 Å². The van der Waals surface area contributed by atoms with E-state index < -0.39 is 21.9 Å². The van der Waals surface area contributed by atoms with E-state index in [1.165, 1.54) is 26.2 Å². The topological polar surface area (TPSA) is 104 Å². The third-order valence-electron chi connectivity index (χ3n) is 4.67. The largest absolute Gasteiger partial charge is 0.481 e. The lowest BCUT2D eigenvalue weighted by atomic mass is 10.0. The van der Waals surface area contributed by atoms with Crippen LogP contribution in [0.25, 0.3) is 0 Å². The van der Waals surface area contributed by atoms with Crippen LogP contribution in [0.5, 0.6) is 0 Å². The lowest BCUT2D eigenvalue weighted by Crippen LogP contribution is -2.32. The number of rotatable bonds is 6. The molecule has 0 aliphatic heterocycles. The first-order valence-electron chi connectivity index (χ1n) is 8.18. The number of carbonyl (C=O) groups is 2. The van der Waals surface area contributed by atoms with Crippen molar-refractivity contribution in [2.75, 3.05) is 14.1 Å². The number of sulfonamides is 1. The summed E-state index contributed by atoms with van der Waals surface area (Å²) in [6.07, 6.45) is 1.47. The van der Waals surface area contributed by atoms with Crippen LogP contribution >= 0.6 is 0 Å². The normalized spacial score (nSPS) is 21.9. The van der Waals surface area contributed by atoms with Gasteiger partial charge >= 0.3 is 5.97 Å². The molecular weight excluding hydrogens is 344 g/mol. The molecule has 0 saturated heterocycles. The van der Waals surface area contributed by atoms with Crippen molar-refractivity contribution < 1.29 is 23.1 Å². The van der Waals surface area contributed by atoms with Crippen molar-refractivity contribution in [2.45, 2.75) is 37.1 Å². The first-order chi connectivity index (χ1) is 11.6. The second-order valence-electron chi connectivity index (χ2n) is 6.63. The smallest absolute Gasteiger partial charge is 0.306 e. The Bertz CT molecular complexity index is 743. The number of nitrogens with zero attached hydrogens (tertiary/aromatic N) is 1. The fraction of sp³-hybridized carbons (Fsp3) is 0.529. The quantitative estimate of drug-likeness (QED) is 0.794. The molecule has 8 heteroatoms. The SMILES string of the molecule is CC(NC(=O)[C@@H]1CC[C@H](C(=O)O)C1)c1ccc(S(=O)(=O)N(C)C)cc1. The minimum absolute atomic E-state index is 0.152. The van der Waals surface area contributed by atoms with Gasteiger partial charge < -0.3 is 10.4 Å². The van der Waals surface area contributed by atoms with Gasteiger partial charge in [-0.05, 0) is 43.9 Å². The molecule has 2 rings (SSSR count). The Morgan fingerprint density at radius 2 is 1.72 bits per heavy atom. The van der Waals surface area contributed by atoms with Gasteiger partial charge in [0.05, 0.1) is 16.9 Å². The first kappa shape index (κ1) is 19.4. The van der Waals surface area contributed by atoms with Crippen molar-refractivity contribution in [1.82, 2.24) is 9.62 Å². The summed E-state index contributed by atoms with van der Waals surface area (Å²) in [5.74, 6) is -1.72. The maximum atomic E-state index is 12.3. The number of amides is 1. The van der Waals surface area contributed by atoms with Crippen LogP contribution < -0.4 is 5.32 Å². The number of carboxylic acids is 1. The average molecular weight is 368 g/mol. The Morgan fingerprint density at radius 3 is 2.20 bits per heavy atom. The zero-order chi connectivity index (χ0) is 18.8. The highest BCUT2D eigenvalue weighted by atomic mass is 32.2. The summed E-state index contributed by atoms with van der Waals surface area (Å²) in [7, 11) is -0.539. The number of hydrogen-bond donors (Lipinski definition) is 2. The Hall–Kier alpha value is -1.93. The molecule has 1 aliphatic carbocycles. The summed E-state index contributed by atoms with van der Waals surface area (Å²) in [6, 6.07) is 6.10. The van der Waals surface area contributed by atoms with Crippen molar-refractivity contribution in [3.8, 4) is 0 Å². The van der Waals surface area contributed by atoms with Crippen LogP contribution in [0, 0.1) is 11.8 Å². The highest BCUT2D eigenvalue weighted by Gasteiger charge is 2.34. The molecule has 0 bridgehead atoms. The summed E-state index contributed by atoms with van der Waals surface area (Å²) in [6.45, 7) is 1.82. The fourth-order valence-electron chi connectivity index (χ4n) is 3.00.